The lowest BCUT2D eigenvalue weighted by molar-refractivity contribution is -0.118. The van der Waals surface area contributed by atoms with Crippen molar-refractivity contribution in [3.05, 3.63) is 64.0 Å². The van der Waals surface area contributed by atoms with Gasteiger partial charge in [0.15, 0.2) is 6.61 Å². The Morgan fingerprint density at radius 1 is 1.00 bits per heavy atom. The van der Waals surface area contributed by atoms with Gasteiger partial charge in [-0.1, -0.05) is 0 Å². The fourth-order valence-corrected chi connectivity index (χ4v) is 3.54. The van der Waals surface area contributed by atoms with Crippen molar-refractivity contribution in [2.75, 3.05) is 17.2 Å². The molecule has 0 spiro atoms. The third-order valence-corrected chi connectivity index (χ3v) is 4.80. The highest BCUT2D eigenvalue weighted by atomic mass is 16.5. The summed E-state index contributed by atoms with van der Waals surface area (Å²) in [6, 6.07) is 12.1. The van der Waals surface area contributed by atoms with E-state index < -0.39 is 0 Å². The van der Waals surface area contributed by atoms with Gasteiger partial charge in [-0.15, -0.1) is 0 Å². The first-order valence-corrected chi connectivity index (χ1v) is 9.38. The largest absolute Gasteiger partial charge is 0.484 e. The number of anilines is 2. The highest BCUT2D eigenvalue weighted by Gasteiger charge is 2.19. The first-order chi connectivity index (χ1) is 14.0. The smallest absolute Gasteiger partial charge is 0.339 e. The van der Waals surface area contributed by atoms with Crippen molar-refractivity contribution in [1.82, 2.24) is 0 Å². The van der Waals surface area contributed by atoms with Crippen LogP contribution in [-0.4, -0.2) is 18.4 Å². The molecule has 0 aliphatic heterocycles. The zero-order valence-corrected chi connectivity index (χ0v) is 15.9. The topological polar surface area (TPSA) is 97.6 Å². The first-order valence-electron chi connectivity index (χ1n) is 9.38. The Bertz CT molecular complexity index is 1150. The summed E-state index contributed by atoms with van der Waals surface area (Å²) < 4.78 is 11.0. The Morgan fingerprint density at radius 3 is 2.41 bits per heavy atom. The maximum Gasteiger partial charge on any atom is 0.339 e. The monoisotopic (exact) mass is 392 g/mol. The molecule has 4 rings (SSSR count). The number of nitrogens with one attached hydrogen (secondary N) is 2. The Kier molecular flexibility index (Phi) is 5.03. The van der Waals surface area contributed by atoms with Crippen molar-refractivity contribution in [3.8, 4) is 5.75 Å². The highest BCUT2D eigenvalue weighted by Crippen LogP contribution is 2.29. The van der Waals surface area contributed by atoms with Gasteiger partial charge in [0, 0.05) is 35.3 Å². The minimum absolute atomic E-state index is 0.161. The quantitative estimate of drug-likeness (QED) is 0.650. The predicted octanol–water partition coefficient (Wildman–Crippen LogP) is 3.26. The molecule has 1 aliphatic carbocycles. The van der Waals surface area contributed by atoms with E-state index in [1.165, 1.54) is 6.92 Å². The van der Waals surface area contributed by atoms with E-state index in [9.17, 15) is 14.4 Å². The fourth-order valence-electron chi connectivity index (χ4n) is 3.54. The van der Waals surface area contributed by atoms with E-state index >= 15 is 0 Å². The molecule has 3 aromatic rings. The number of rotatable bonds is 5. The second kappa shape index (κ2) is 7.79. The molecule has 148 valence electrons. The summed E-state index contributed by atoms with van der Waals surface area (Å²) >= 11 is 0. The number of fused-ring (bicyclic) bond motifs is 3. The van der Waals surface area contributed by atoms with E-state index in [0.29, 0.717) is 22.7 Å². The zero-order chi connectivity index (χ0) is 20.4. The number of benzene rings is 2. The fraction of sp³-hybridized carbons (Fsp3) is 0.227. The van der Waals surface area contributed by atoms with E-state index in [0.717, 1.165) is 35.8 Å². The number of aryl methyl sites for hydroxylation is 1. The second-order valence-electron chi connectivity index (χ2n) is 6.95. The minimum Gasteiger partial charge on any atom is -0.484 e. The molecule has 2 aromatic carbocycles. The summed E-state index contributed by atoms with van der Waals surface area (Å²) in [4.78, 5) is 35.3. The van der Waals surface area contributed by atoms with Crippen LogP contribution in [0.15, 0.2) is 51.7 Å². The van der Waals surface area contributed by atoms with Crippen LogP contribution in [0.25, 0.3) is 11.0 Å². The molecule has 0 bridgehead atoms. The van der Waals surface area contributed by atoms with Gasteiger partial charge >= 0.3 is 5.63 Å². The van der Waals surface area contributed by atoms with E-state index in [1.807, 2.05) is 6.07 Å². The molecule has 2 amide bonds. The van der Waals surface area contributed by atoms with Gasteiger partial charge in [-0.25, -0.2) is 4.79 Å². The molecule has 1 aromatic heterocycles. The first kappa shape index (κ1) is 18.7. The Morgan fingerprint density at radius 2 is 1.69 bits per heavy atom. The van der Waals surface area contributed by atoms with Crippen molar-refractivity contribution < 1.29 is 18.7 Å². The van der Waals surface area contributed by atoms with E-state index in [4.69, 9.17) is 9.15 Å². The number of ether oxygens (including phenoxy) is 1. The van der Waals surface area contributed by atoms with Gasteiger partial charge in [-0.05, 0) is 61.2 Å². The van der Waals surface area contributed by atoms with Crippen LogP contribution in [0.3, 0.4) is 0 Å². The highest BCUT2D eigenvalue weighted by molar-refractivity contribution is 5.93. The van der Waals surface area contributed by atoms with Crippen molar-refractivity contribution in [2.45, 2.75) is 26.2 Å². The van der Waals surface area contributed by atoms with Crippen LogP contribution in [0, 0.1) is 0 Å². The molecule has 7 heteroatoms. The molecule has 1 heterocycles. The number of hydrogen-bond acceptors (Lipinski definition) is 5. The summed E-state index contributed by atoms with van der Waals surface area (Å²) in [6.45, 7) is 1.24. The summed E-state index contributed by atoms with van der Waals surface area (Å²) in [5, 5.41) is 6.31. The lowest BCUT2D eigenvalue weighted by atomic mass is 10.1. The van der Waals surface area contributed by atoms with Crippen molar-refractivity contribution >= 4 is 34.2 Å². The van der Waals surface area contributed by atoms with Crippen molar-refractivity contribution in [2.24, 2.45) is 0 Å². The molecular formula is C22H20N2O5. The molecule has 0 saturated carbocycles. The minimum atomic E-state index is -0.326. The van der Waals surface area contributed by atoms with Crippen molar-refractivity contribution in [1.29, 1.82) is 0 Å². The van der Waals surface area contributed by atoms with E-state index in [1.54, 1.807) is 36.4 Å². The van der Waals surface area contributed by atoms with Gasteiger partial charge in [-0.3, -0.25) is 9.59 Å². The number of carbonyl (C=O) groups is 2. The SMILES string of the molecule is CC(=O)Nc1ccc(NC(=O)COc2ccc3c4c(c(=O)oc3c2)CCC4)cc1. The lowest BCUT2D eigenvalue weighted by Crippen LogP contribution is -2.20. The van der Waals surface area contributed by atoms with Crippen LogP contribution in [0.4, 0.5) is 11.4 Å². The van der Waals surface area contributed by atoms with Gasteiger partial charge in [0.25, 0.3) is 5.91 Å². The average molecular weight is 392 g/mol. The van der Waals surface area contributed by atoms with E-state index in [2.05, 4.69) is 10.6 Å². The number of hydrogen-bond donors (Lipinski definition) is 2. The molecular weight excluding hydrogens is 372 g/mol. The molecule has 29 heavy (non-hydrogen) atoms. The Labute approximate surface area is 166 Å². The van der Waals surface area contributed by atoms with Crippen LogP contribution < -0.4 is 21.0 Å². The molecule has 0 radical (unpaired) electrons. The van der Waals surface area contributed by atoms with Gasteiger partial charge in [0.2, 0.25) is 5.91 Å². The number of carbonyl (C=O) groups excluding carboxylic acids is 2. The standard InChI is InChI=1S/C22H20N2O5/c1-13(25)23-14-5-7-15(8-6-14)24-21(26)12-28-16-9-10-18-17-3-2-4-19(17)22(27)29-20(18)11-16/h5-11H,2-4,12H2,1H3,(H,23,25)(H,24,26). The molecule has 7 nitrogen and oxygen atoms in total. The van der Waals surface area contributed by atoms with Crippen LogP contribution >= 0.6 is 0 Å². The number of amides is 2. The third kappa shape index (κ3) is 4.13. The summed E-state index contributed by atoms with van der Waals surface area (Å²) in [5.74, 6) is -0.0334. The van der Waals surface area contributed by atoms with Gasteiger partial charge < -0.3 is 19.8 Å². The van der Waals surface area contributed by atoms with Crippen LogP contribution in [-0.2, 0) is 22.4 Å². The summed E-state index contributed by atoms with van der Waals surface area (Å²) in [5.41, 5.74) is 3.26. The van der Waals surface area contributed by atoms with Crippen LogP contribution in [0.1, 0.15) is 24.5 Å². The summed E-state index contributed by atoms with van der Waals surface area (Å²) in [6.07, 6.45) is 2.60. The van der Waals surface area contributed by atoms with Crippen LogP contribution in [0.5, 0.6) is 5.75 Å². The molecule has 0 fully saturated rings. The zero-order valence-electron chi connectivity index (χ0n) is 15.9. The molecule has 0 unspecified atom stereocenters. The Hall–Kier alpha value is -3.61. The molecule has 0 saturated heterocycles. The van der Waals surface area contributed by atoms with Gasteiger partial charge in [-0.2, -0.15) is 0 Å². The maximum atomic E-state index is 12.1. The maximum absolute atomic E-state index is 12.1. The van der Waals surface area contributed by atoms with Gasteiger partial charge in [0.1, 0.15) is 11.3 Å². The second-order valence-corrected chi connectivity index (χ2v) is 6.95. The Balaban J connectivity index is 1.40. The predicted molar refractivity (Wildman–Crippen MR) is 109 cm³/mol. The van der Waals surface area contributed by atoms with Crippen LogP contribution in [0.2, 0.25) is 0 Å². The summed E-state index contributed by atoms with van der Waals surface area (Å²) in [7, 11) is 0. The molecule has 1 aliphatic rings. The van der Waals surface area contributed by atoms with E-state index in [-0.39, 0.29) is 24.0 Å². The normalized spacial score (nSPS) is 12.4. The molecule has 2 N–H and O–H groups in total. The molecule has 0 atom stereocenters. The van der Waals surface area contributed by atoms with Gasteiger partial charge in [0.05, 0.1) is 0 Å². The lowest BCUT2D eigenvalue weighted by Gasteiger charge is -2.10. The average Bonchev–Trinajstić information content (AvgIpc) is 3.18. The third-order valence-electron chi connectivity index (χ3n) is 4.80. The van der Waals surface area contributed by atoms with Crippen molar-refractivity contribution in [3.63, 3.8) is 0 Å².